The van der Waals surface area contributed by atoms with Crippen molar-refractivity contribution in [3.63, 3.8) is 0 Å². The van der Waals surface area contributed by atoms with Crippen LogP contribution in [0.15, 0.2) is 24.3 Å². The second kappa shape index (κ2) is 5.41. The van der Waals surface area contributed by atoms with Crippen LogP contribution in [0.4, 0.5) is 4.39 Å². The molecule has 0 saturated heterocycles. The number of benzene rings is 1. The van der Waals surface area contributed by atoms with Crippen molar-refractivity contribution in [2.75, 3.05) is 6.61 Å². The Morgan fingerprint density at radius 3 is 2.62 bits per heavy atom. The summed E-state index contributed by atoms with van der Waals surface area (Å²) in [6, 6.07) is 6.38. The molecule has 2 unspecified atom stereocenters. The van der Waals surface area contributed by atoms with Gasteiger partial charge in [0, 0.05) is 6.61 Å². The molecule has 0 bridgehead atoms. The van der Waals surface area contributed by atoms with E-state index in [1.807, 2.05) is 0 Å². The lowest BCUT2D eigenvalue weighted by Crippen LogP contribution is -2.09. The third-order valence-corrected chi connectivity index (χ3v) is 3.15. The summed E-state index contributed by atoms with van der Waals surface area (Å²) in [5.41, 5.74) is 0.994. The number of halogens is 1. The number of aliphatic hydroxyl groups is 1. The molecule has 0 aromatic heterocycles. The average molecular weight is 224 g/mol. The van der Waals surface area contributed by atoms with E-state index < -0.39 is 0 Å². The molecule has 0 amide bonds. The molecule has 1 fully saturated rings. The number of hydrogen-bond acceptors (Lipinski definition) is 2. The molecule has 1 saturated carbocycles. The molecule has 16 heavy (non-hydrogen) atoms. The maximum atomic E-state index is 12.7. The molecular weight excluding hydrogens is 207 g/mol. The van der Waals surface area contributed by atoms with Crippen LogP contribution in [0.25, 0.3) is 0 Å². The normalized spacial score (nSPS) is 24.9. The maximum absolute atomic E-state index is 12.7. The summed E-state index contributed by atoms with van der Waals surface area (Å²) in [5.74, 6) is 0.183. The second-order valence-corrected chi connectivity index (χ2v) is 4.42. The Morgan fingerprint density at radius 1 is 1.25 bits per heavy atom. The first-order valence-electron chi connectivity index (χ1n) is 5.75. The van der Waals surface area contributed by atoms with Crippen molar-refractivity contribution in [3.05, 3.63) is 35.6 Å². The summed E-state index contributed by atoms with van der Waals surface area (Å²) in [6.07, 6.45) is 3.26. The number of aliphatic hydroxyl groups excluding tert-OH is 1. The Hall–Kier alpha value is -0.930. The molecule has 0 heterocycles. The van der Waals surface area contributed by atoms with Crippen LogP contribution in [0.2, 0.25) is 0 Å². The van der Waals surface area contributed by atoms with Gasteiger partial charge in [0.25, 0.3) is 0 Å². The SMILES string of the molecule is OCC1CCC(OCc2ccc(F)cc2)C1. The molecule has 3 heteroatoms. The Kier molecular flexibility index (Phi) is 3.91. The molecule has 1 aromatic rings. The van der Waals surface area contributed by atoms with Crippen LogP contribution < -0.4 is 0 Å². The lowest BCUT2D eigenvalue weighted by atomic mass is 10.1. The summed E-state index contributed by atoms with van der Waals surface area (Å²) >= 11 is 0. The van der Waals surface area contributed by atoms with Gasteiger partial charge in [-0.05, 0) is 42.9 Å². The minimum absolute atomic E-state index is 0.218. The van der Waals surface area contributed by atoms with E-state index in [2.05, 4.69) is 0 Å². The fourth-order valence-electron chi connectivity index (χ4n) is 2.14. The molecule has 1 aliphatic rings. The third-order valence-electron chi connectivity index (χ3n) is 3.15. The molecule has 0 radical (unpaired) electrons. The number of rotatable bonds is 4. The van der Waals surface area contributed by atoms with Gasteiger partial charge in [0.05, 0.1) is 12.7 Å². The summed E-state index contributed by atoms with van der Waals surface area (Å²) < 4.78 is 18.4. The first kappa shape index (κ1) is 11.6. The zero-order valence-corrected chi connectivity index (χ0v) is 9.23. The highest BCUT2D eigenvalue weighted by molar-refractivity contribution is 5.15. The van der Waals surface area contributed by atoms with Gasteiger partial charge in [-0.15, -0.1) is 0 Å². The molecule has 1 N–H and O–H groups in total. The summed E-state index contributed by atoms with van der Waals surface area (Å²) in [6.45, 7) is 0.791. The van der Waals surface area contributed by atoms with Crippen LogP contribution in [-0.2, 0) is 11.3 Å². The summed E-state index contributed by atoms with van der Waals surface area (Å²) in [5, 5.41) is 9.00. The molecule has 2 nitrogen and oxygen atoms in total. The second-order valence-electron chi connectivity index (χ2n) is 4.42. The van der Waals surface area contributed by atoms with Crippen LogP contribution in [0.3, 0.4) is 0 Å². The Morgan fingerprint density at radius 2 is 2.00 bits per heavy atom. The number of hydrogen-bond donors (Lipinski definition) is 1. The predicted octanol–water partition coefficient (Wildman–Crippen LogP) is 2.50. The van der Waals surface area contributed by atoms with Crippen molar-refractivity contribution < 1.29 is 14.2 Å². The van der Waals surface area contributed by atoms with E-state index in [4.69, 9.17) is 9.84 Å². The summed E-state index contributed by atoms with van der Waals surface area (Å²) in [4.78, 5) is 0. The molecule has 0 spiro atoms. The topological polar surface area (TPSA) is 29.5 Å². The van der Waals surface area contributed by atoms with Crippen LogP contribution in [0, 0.1) is 11.7 Å². The van der Waals surface area contributed by atoms with E-state index in [1.165, 1.54) is 12.1 Å². The highest BCUT2D eigenvalue weighted by Gasteiger charge is 2.24. The van der Waals surface area contributed by atoms with Crippen molar-refractivity contribution in [2.45, 2.75) is 32.0 Å². The van der Waals surface area contributed by atoms with Gasteiger partial charge in [0.2, 0.25) is 0 Å². The van der Waals surface area contributed by atoms with E-state index in [-0.39, 0.29) is 18.5 Å². The predicted molar refractivity (Wildman–Crippen MR) is 59.4 cm³/mol. The largest absolute Gasteiger partial charge is 0.396 e. The van der Waals surface area contributed by atoms with Gasteiger partial charge in [0.15, 0.2) is 0 Å². The van der Waals surface area contributed by atoms with Gasteiger partial charge < -0.3 is 9.84 Å². The molecule has 2 atom stereocenters. The van der Waals surface area contributed by atoms with Crippen molar-refractivity contribution in [2.24, 2.45) is 5.92 Å². The Balaban J connectivity index is 1.77. The van der Waals surface area contributed by atoms with Crippen LogP contribution in [0.1, 0.15) is 24.8 Å². The monoisotopic (exact) mass is 224 g/mol. The average Bonchev–Trinajstić information content (AvgIpc) is 2.76. The van der Waals surface area contributed by atoms with E-state index in [0.717, 1.165) is 24.8 Å². The third kappa shape index (κ3) is 3.03. The van der Waals surface area contributed by atoms with E-state index >= 15 is 0 Å². The minimum Gasteiger partial charge on any atom is -0.396 e. The van der Waals surface area contributed by atoms with Crippen LogP contribution >= 0.6 is 0 Å². The van der Waals surface area contributed by atoms with Gasteiger partial charge in [-0.1, -0.05) is 12.1 Å². The zero-order chi connectivity index (χ0) is 11.4. The van der Waals surface area contributed by atoms with Crippen LogP contribution in [0.5, 0.6) is 0 Å². The fourth-order valence-corrected chi connectivity index (χ4v) is 2.14. The van der Waals surface area contributed by atoms with E-state index in [0.29, 0.717) is 12.5 Å². The van der Waals surface area contributed by atoms with Crippen molar-refractivity contribution in [3.8, 4) is 0 Å². The highest BCUT2D eigenvalue weighted by atomic mass is 19.1. The lowest BCUT2D eigenvalue weighted by molar-refractivity contribution is 0.0407. The Bertz CT molecular complexity index is 323. The van der Waals surface area contributed by atoms with E-state index in [1.54, 1.807) is 12.1 Å². The van der Waals surface area contributed by atoms with Crippen molar-refractivity contribution in [1.29, 1.82) is 0 Å². The first-order valence-corrected chi connectivity index (χ1v) is 5.75. The number of ether oxygens (including phenoxy) is 1. The molecule has 0 aliphatic heterocycles. The lowest BCUT2D eigenvalue weighted by Gasteiger charge is -2.11. The molecule has 1 aliphatic carbocycles. The highest BCUT2D eigenvalue weighted by Crippen LogP contribution is 2.27. The van der Waals surface area contributed by atoms with Gasteiger partial charge in [-0.2, -0.15) is 0 Å². The fraction of sp³-hybridized carbons (Fsp3) is 0.538. The maximum Gasteiger partial charge on any atom is 0.123 e. The molecule has 88 valence electrons. The van der Waals surface area contributed by atoms with E-state index in [9.17, 15) is 4.39 Å². The van der Waals surface area contributed by atoms with Gasteiger partial charge in [-0.3, -0.25) is 0 Å². The molecule has 1 aromatic carbocycles. The van der Waals surface area contributed by atoms with Crippen molar-refractivity contribution >= 4 is 0 Å². The molecule has 2 rings (SSSR count). The Labute approximate surface area is 95.1 Å². The summed E-state index contributed by atoms with van der Waals surface area (Å²) in [7, 11) is 0. The minimum atomic E-state index is -0.218. The first-order chi connectivity index (χ1) is 7.78. The van der Waals surface area contributed by atoms with Gasteiger partial charge in [-0.25, -0.2) is 4.39 Å². The van der Waals surface area contributed by atoms with Gasteiger partial charge >= 0.3 is 0 Å². The smallest absolute Gasteiger partial charge is 0.123 e. The van der Waals surface area contributed by atoms with Crippen LogP contribution in [-0.4, -0.2) is 17.8 Å². The van der Waals surface area contributed by atoms with Gasteiger partial charge in [0.1, 0.15) is 5.82 Å². The van der Waals surface area contributed by atoms with Crippen molar-refractivity contribution in [1.82, 2.24) is 0 Å². The quantitative estimate of drug-likeness (QED) is 0.851. The molecular formula is C13H17FO2. The standard InChI is InChI=1S/C13H17FO2/c14-12-4-1-10(2-5-12)9-16-13-6-3-11(7-13)8-15/h1-2,4-5,11,13,15H,3,6-9H2. The zero-order valence-electron chi connectivity index (χ0n) is 9.23.